The molecule has 1 heterocycles. The number of aromatic nitrogens is 2. The van der Waals surface area contributed by atoms with Crippen molar-refractivity contribution in [3.8, 4) is 5.88 Å². The van der Waals surface area contributed by atoms with Crippen LogP contribution in [0.3, 0.4) is 0 Å². The zero-order valence-electron chi connectivity index (χ0n) is 10.6. The van der Waals surface area contributed by atoms with E-state index in [2.05, 4.69) is 31.2 Å². The van der Waals surface area contributed by atoms with Crippen LogP contribution < -0.4 is 10.1 Å². The molecule has 0 fully saturated rings. The number of nitrogens with one attached hydrogen (secondary N) is 1. The van der Waals surface area contributed by atoms with Gasteiger partial charge in [0.25, 0.3) is 0 Å². The molecule has 1 N–H and O–H groups in total. The smallest absolute Gasteiger partial charge is 0.218 e. The van der Waals surface area contributed by atoms with Gasteiger partial charge in [0.1, 0.15) is 17.5 Å². The molecule has 4 nitrogen and oxygen atoms in total. The monoisotopic (exact) mass is 325 g/mol. The highest BCUT2D eigenvalue weighted by atomic mass is 79.9. The van der Waals surface area contributed by atoms with E-state index in [0.717, 1.165) is 10.0 Å². The first-order chi connectivity index (χ1) is 9.08. The first-order valence-corrected chi connectivity index (χ1v) is 6.45. The first-order valence-electron chi connectivity index (χ1n) is 5.66. The third kappa shape index (κ3) is 3.64. The zero-order valence-corrected chi connectivity index (χ0v) is 12.2. The number of hydrogen-bond acceptors (Lipinski definition) is 4. The lowest BCUT2D eigenvalue weighted by atomic mass is 10.2. The molecule has 0 aliphatic rings. The topological polar surface area (TPSA) is 47.0 Å². The molecule has 19 heavy (non-hydrogen) atoms. The van der Waals surface area contributed by atoms with Gasteiger partial charge in [0, 0.05) is 17.1 Å². The second-order valence-electron chi connectivity index (χ2n) is 3.93. The summed E-state index contributed by atoms with van der Waals surface area (Å²) in [5.41, 5.74) is 0.815. The number of aryl methyl sites for hydroxylation is 1. The Hall–Kier alpha value is -1.69. The van der Waals surface area contributed by atoms with Crippen LogP contribution in [0.15, 0.2) is 28.7 Å². The molecule has 0 saturated carbocycles. The van der Waals surface area contributed by atoms with Gasteiger partial charge in [-0.25, -0.2) is 9.37 Å². The number of nitrogens with zero attached hydrogens (tertiary/aromatic N) is 2. The summed E-state index contributed by atoms with van der Waals surface area (Å²) in [6, 6.07) is 6.26. The highest BCUT2D eigenvalue weighted by molar-refractivity contribution is 9.10. The fourth-order valence-electron chi connectivity index (χ4n) is 1.60. The van der Waals surface area contributed by atoms with Crippen molar-refractivity contribution in [2.45, 2.75) is 13.5 Å². The van der Waals surface area contributed by atoms with E-state index >= 15 is 0 Å². The molecule has 0 spiro atoms. The minimum atomic E-state index is -0.267. The van der Waals surface area contributed by atoms with Crippen molar-refractivity contribution >= 4 is 21.7 Å². The van der Waals surface area contributed by atoms with E-state index in [0.29, 0.717) is 24.1 Å². The molecule has 0 radical (unpaired) electrons. The molecule has 0 unspecified atom stereocenters. The second kappa shape index (κ2) is 5.97. The Morgan fingerprint density at radius 3 is 2.84 bits per heavy atom. The van der Waals surface area contributed by atoms with Crippen LogP contribution in [-0.4, -0.2) is 17.1 Å². The van der Waals surface area contributed by atoms with Crippen molar-refractivity contribution < 1.29 is 9.13 Å². The molecule has 6 heteroatoms. The van der Waals surface area contributed by atoms with E-state index < -0.39 is 0 Å². The Bertz CT molecular complexity index is 592. The fraction of sp³-hybridized carbons (Fsp3) is 0.231. The van der Waals surface area contributed by atoms with Gasteiger partial charge in [-0.05, 0) is 30.7 Å². The third-order valence-corrected chi connectivity index (χ3v) is 3.26. The van der Waals surface area contributed by atoms with E-state index in [9.17, 15) is 4.39 Å². The van der Waals surface area contributed by atoms with Gasteiger partial charge >= 0.3 is 0 Å². The summed E-state index contributed by atoms with van der Waals surface area (Å²) < 4.78 is 19.1. The summed E-state index contributed by atoms with van der Waals surface area (Å²) in [5.74, 6) is 1.48. The molecule has 1 aromatic heterocycles. The Morgan fingerprint density at radius 2 is 2.11 bits per heavy atom. The summed E-state index contributed by atoms with van der Waals surface area (Å²) in [4.78, 5) is 8.33. The molecule has 2 rings (SSSR count). The number of rotatable bonds is 4. The van der Waals surface area contributed by atoms with Gasteiger partial charge < -0.3 is 10.1 Å². The Morgan fingerprint density at radius 1 is 1.32 bits per heavy atom. The van der Waals surface area contributed by atoms with Crippen LogP contribution in [0.25, 0.3) is 0 Å². The maximum absolute atomic E-state index is 13.2. The van der Waals surface area contributed by atoms with E-state index in [1.54, 1.807) is 26.2 Å². The van der Waals surface area contributed by atoms with Crippen molar-refractivity contribution in [3.05, 3.63) is 45.9 Å². The number of benzene rings is 1. The maximum Gasteiger partial charge on any atom is 0.218 e. The highest BCUT2D eigenvalue weighted by Gasteiger charge is 2.05. The minimum absolute atomic E-state index is 0.267. The summed E-state index contributed by atoms with van der Waals surface area (Å²) in [5, 5.41) is 3.12. The Balaban J connectivity index is 2.14. The van der Waals surface area contributed by atoms with Gasteiger partial charge in [0.15, 0.2) is 0 Å². The Labute approximate surface area is 119 Å². The first kappa shape index (κ1) is 13.7. The van der Waals surface area contributed by atoms with Gasteiger partial charge in [0.2, 0.25) is 5.88 Å². The SMILES string of the molecule is COc1cc(NCc2cc(F)ccc2Br)nc(C)n1. The second-order valence-corrected chi connectivity index (χ2v) is 4.79. The maximum atomic E-state index is 13.2. The molecule has 0 atom stereocenters. The van der Waals surface area contributed by atoms with E-state index in [1.165, 1.54) is 12.1 Å². The van der Waals surface area contributed by atoms with Crippen LogP contribution in [0.1, 0.15) is 11.4 Å². The molecular formula is C13H13BrFN3O. The summed E-state index contributed by atoms with van der Waals surface area (Å²) >= 11 is 3.38. The lowest BCUT2D eigenvalue weighted by molar-refractivity contribution is 0.396. The Kier molecular flexibility index (Phi) is 4.31. The molecule has 0 bridgehead atoms. The predicted molar refractivity (Wildman–Crippen MR) is 74.7 cm³/mol. The van der Waals surface area contributed by atoms with Crippen LogP contribution in [0.2, 0.25) is 0 Å². The summed E-state index contributed by atoms with van der Waals surface area (Å²) in [6.45, 7) is 2.24. The summed E-state index contributed by atoms with van der Waals surface area (Å²) in [7, 11) is 1.55. The van der Waals surface area contributed by atoms with Gasteiger partial charge in [-0.1, -0.05) is 15.9 Å². The molecule has 1 aromatic carbocycles. The molecule has 0 amide bonds. The molecule has 100 valence electrons. The van der Waals surface area contributed by atoms with Crippen molar-refractivity contribution in [2.75, 3.05) is 12.4 Å². The van der Waals surface area contributed by atoms with Crippen LogP contribution in [0.5, 0.6) is 5.88 Å². The average molecular weight is 326 g/mol. The predicted octanol–water partition coefficient (Wildman–Crippen LogP) is 3.31. The molecule has 0 saturated heterocycles. The molecule has 0 aliphatic carbocycles. The number of anilines is 1. The van der Waals surface area contributed by atoms with Crippen LogP contribution >= 0.6 is 15.9 Å². The van der Waals surface area contributed by atoms with E-state index in [1.807, 2.05) is 0 Å². The minimum Gasteiger partial charge on any atom is -0.481 e. The van der Waals surface area contributed by atoms with E-state index in [4.69, 9.17) is 4.74 Å². The standard InChI is InChI=1S/C13H13BrFN3O/c1-8-17-12(6-13(18-8)19-2)16-7-9-5-10(15)3-4-11(9)14/h3-6H,7H2,1-2H3,(H,16,17,18). The lowest BCUT2D eigenvalue weighted by Gasteiger charge is -2.09. The molecule has 0 aliphatic heterocycles. The zero-order chi connectivity index (χ0) is 13.8. The largest absolute Gasteiger partial charge is 0.481 e. The van der Waals surface area contributed by atoms with Crippen LogP contribution in [0, 0.1) is 12.7 Å². The van der Waals surface area contributed by atoms with Crippen molar-refractivity contribution in [2.24, 2.45) is 0 Å². The van der Waals surface area contributed by atoms with Gasteiger partial charge in [0.05, 0.1) is 7.11 Å². The summed E-state index contributed by atoms with van der Waals surface area (Å²) in [6.07, 6.45) is 0. The lowest BCUT2D eigenvalue weighted by Crippen LogP contribution is -2.05. The van der Waals surface area contributed by atoms with Gasteiger partial charge in [-0.15, -0.1) is 0 Å². The fourth-order valence-corrected chi connectivity index (χ4v) is 1.99. The number of hydrogen-bond donors (Lipinski definition) is 1. The number of methoxy groups -OCH3 is 1. The van der Waals surface area contributed by atoms with Gasteiger partial charge in [-0.2, -0.15) is 4.98 Å². The third-order valence-electron chi connectivity index (χ3n) is 2.49. The number of halogens is 2. The molecule has 2 aromatic rings. The van der Waals surface area contributed by atoms with Crippen molar-refractivity contribution in [1.82, 2.24) is 9.97 Å². The average Bonchev–Trinajstić information content (AvgIpc) is 2.39. The van der Waals surface area contributed by atoms with Crippen molar-refractivity contribution in [3.63, 3.8) is 0 Å². The van der Waals surface area contributed by atoms with Gasteiger partial charge in [-0.3, -0.25) is 0 Å². The molecular weight excluding hydrogens is 313 g/mol. The van der Waals surface area contributed by atoms with Crippen LogP contribution in [-0.2, 0) is 6.54 Å². The number of ether oxygens (including phenoxy) is 1. The normalized spacial score (nSPS) is 10.3. The van der Waals surface area contributed by atoms with E-state index in [-0.39, 0.29) is 5.82 Å². The highest BCUT2D eigenvalue weighted by Crippen LogP contribution is 2.20. The quantitative estimate of drug-likeness (QED) is 0.936. The van der Waals surface area contributed by atoms with Crippen LogP contribution in [0.4, 0.5) is 10.2 Å². The van der Waals surface area contributed by atoms with Crippen molar-refractivity contribution in [1.29, 1.82) is 0 Å².